The predicted octanol–water partition coefficient (Wildman–Crippen LogP) is 6.74. The molecule has 2 aliphatic heterocycles. The molecule has 0 unspecified atom stereocenters. The third-order valence-electron chi connectivity index (χ3n) is 10.6. The molecule has 2 fully saturated rings. The van der Waals surface area contributed by atoms with E-state index in [4.69, 9.17) is 40.6 Å². The highest BCUT2D eigenvalue weighted by atomic mass is 35.5. The highest BCUT2D eigenvalue weighted by molar-refractivity contribution is 6.34. The molecule has 274 valence electrons. The number of aliphatic hydroxyl groups is 1. The number of oxazole rings is 1. The summed E-state index contributed by atoms with van der Waals surface area (Å²) in [6, 6.07) is 18.0. The van der Waals surface area contributed by atoms with Crippen molar-refractivity contribution in [1.82, 2.24) is 29.5 Å². The molecule has 5 heterocycles. The molecule has 3 aromatic heterocycles. The number of methoxy groups -OCH3 is 2. The van der Waals surface area contributed by atoms with Crippen LogP contribution in [0.25, 0.3) is 50.4 Å². The fourth-order valence-electron chi connectivity index (χ4n) is 7.77. The fraction of sp³-hybridized carbons (Fsp3) is 0.350. The number of hydrogen-bond donors (Lipinski definition) is 2. The molecule has 12 nitrogen and oxygen atoms in total. The number of rotatable bonds is 10. The Hall–Kier alpha value is -5.01. The number of nitrogens with zero attached hydrogens (tertiary/aromatic N) is 6. The number of aliphatic carboxylic acids is 1. The van der Waals surface area contributed by atoms with Gasteiger partial charge in [-0.3, -0.25) is 14.6 Å². The average Bonchev–Trinajstić information content (AvgIpc) is 3.90. The van der Waals surface area contributed by atoms with Crippen LogP contribution in [0.3, 0.4) is 0 Å². The molecule has 0 bridgehead atoms. The molecule has 53 heavy (non-hydrogen) atoms. The van der Waals surface area contributed by atoms with Gasteiger partial charge in [0.25, 0.3) is 0 Å². The van der Waals surface area contributed by atoms with Crippen LogP contribution in [0.2, 0.25) is 5.02 Å². The molecule has 3 aromatic carbocycles. The Morgan fingerprint density at radius 2 is 1.70 bits per heavy atom. The van der Waals surface area contributed by atoms with Crippen LogP contribution < -0.4 is 9.47 Å². The molecular formula is C40H41ClN6O6. The van der Waals surface area contributed by atoms with Crippen molar-refractivity contribution < 1.29 is 28.9 Å². The number of piperidine rings is 1. The second kappa shape index (κ2) is 14.4. The van der Waals surface area contributed by atoms with Crippen LogP contribution in [0, 0.1) is 12.8 Å². The van der Waals surface area contributed by atoms with Gasteiger partial charge in [0, 0.05) is 43.2 Å². The van der Waals surface area contributed by atoms with E-state index in [0.717, 1.165) is 70.3 Å². The lowest BCUT2D eigenvalue weighted by Crippen LogP contribution is -2.35. The zero-order chi connectivity index (χ0) is 36.8. The Balaban J connectivity index is 1.10. The van der Waals surface area contributed by atoms with E-state index in [1.165, 1.54) is 0 Å². The van der Waals surface area contributed by atoms with Crippen molar-refractivity contribution in [2.24, 2.45) is 5.92 Å². The molecule has 0 radical (unpaired) electrons. The SMILES string of the molecule is COc1cc(-n2ncc3c(-c4cccc(-c5nc6cc(CN7CCC(C(=O)O)CC7)cc(Cl)c6o5)c4C)cccc32)nc(OC)c1CN1CC[C@@H](O)C1. The van der Waals surface area contributed by atoms with Gasteiger partial charge in [-0.05, 0) is 85.8 Å². The van der Waals surface area contributed by atoms with E-state index in [9.17, 15) is 15.0 Å². The zero-order valence-corrected chi connectivity index (χ0v) is 30.6. The Labute approximate surface area is 311 Å². The summed E-state index contributed by atoms with van der Waals surface area (Å²) in [6.45, 7) is 6.13. The Morgan fingerprint density at radius 1 is 0.943 bits per heavy atom. The molecular weight excluding hydrogens is 696 g/mol. The number of likely N-dealkylation sites (tertiary alicyclic amines) is 2. The number of ether oxygens (including phenoxy) is 2. The van der Waals surface area contributed by atoms with E-state index in [0.29, 0.717) is 71.9 Å². The number of aromatic nitrogens is 4. The van der Waals surface area contributed by atoms with E-state index >= 15 is 0 Å². The van der Waals surface area contributed by atoms with Gasteiger partial charge in [0.2, 0.25) is 11.8 Å². The lowest BCUT2D eigenvalue weighted by atomic mass is 9.94. The highest BCUT2D eigenvalue weighted by Crippen LogP contribution is 2.39. The first-order valence-electron chi connectivity index (χ1n) is 17.8. The molecule has 2 saturated heterocycles. The molecule has 2 N–H and O–H groups in total. The Kier molecular flexibility index (Phi) is 9.54. The van der Waals surface area contributed by atoms with Gasteiger partial charge in [-0.15, -0.1) is 0 Å². The standard InChI is InChI=1S/C40H41ClN6O6/c1-23-27(6-4-7-28(23)39-43-33-17-24(16-32(41)37(33)53-39)20-45-13-10-25(11-14-45)40(49)50)29-8-5-9-34-30(29)19-42-47(34)36-18-35(51-2)31(38(44-36)52-3)22-46-15-12-26(48)21-46/h4-9,16-19,25-26,48H,10-15,20-22H2,1-3H3,(H,49,50)/t26-/m1/s1. The maximum Gasteiger partial charge on any atom is 0.306 e. The normalized spacial score (nSPS) is 17.3. The zero-order valence-electron chi connectivity index (χ0n) is 29.9. The van der Waals surface area contributed by atoms with E-state index in [-0.39, 0.29) is 12.0 Å². The quantitative estimate of drug-likeness (QED) is 0.155. The summed E-state index contributed by atoms with van der Waals surface area (Å²) < 4.78 is 19.7. The minimum absolute atomic E-state index is 0.276. The number of hydrogen-bond acceptors (Lipinski definition) is 10. The van der Waals surface area contributed by atoms with E-state index in [2.05, 4.69) is 28.9 Å². The molecule has 8 rings (SSSR count). The Bertz CT molecular complexity index is 2310. The van der Waals surface area contributed by atoms with Gasteiger partial charge in [-0.2, -0.15) is 10.1 Å². The van der Waals surface area contributed by atoms with Gasteiger partial charge in [0.1, 0.15) is 11.3 Å². The molecule has 0 aliphatic carbocycles. The van der Waals surface area contributed by atoms with Gasteiger partial charge in [0.15, 0.2) is 11.4 Å². The van der Waals surface area contributed by atoms with E-state index in [1.807, 2.05) is 48.7 Å². The van der Waals surface area contributed by atoms with Crippen LogP contribution in [0.15, 0.2) is 65.2 Å². The van der Waals surface area contributed by atoms with Crippen molar-refractivity contribution >= 4 is 39.6 Å². The third-order valence-corrected chi connectivity index (χ3v) is 10.9. The summed E-state index contributed by atoms with van der Waals surface area (Å²) in [5.74, 6) is 1.15. The lowest BCUT2D eigenvalue weighted by molar-refractivity contribution is -0.143. The number of carboxylic acids is 1. The average molecular weight is 737 g/mol. The molecule has 13 heteroatoms. The highest BCUT2D eigenvalue weighted by Gasteiger charge is 2.27. The summed E-state index contributed by atoms with van der Waals surface area (Å²) in [5, 5.41) is 25.6. The van der Waals surface area contributed by atoms with Crippen LogP contribution in [0.4, 0.5) is 0 Å². The molecule has 6 aromatic rings. The van der Waals surface area contributed by atoms with Crippen LogP contribution in [0.1, 0.15) is 36.0 Å². The Morgan fingerprint density at radius 3 is 2.43 bits per heavy atom. The summed E-state index contributed by atoms with van der Waals surface area (Å²) in [5.41, 5.74) is 7.78. The second-order valence-corrected chi connectivity index (χ2v) is 14.4. The van der Waals surface area contributed by atoms with Crippen LogP contribution in [-0.2, 0) is 17.9 Å². The van der Waals surface area contributed by atoms with Crippen molar-refractivity contribution in [2.45, 2.75) is 45.4 Å². The number of aliphatic hydroxyl groups excluding tert-OH is 1. The van der Waals surface area contributed by atoms with Crippen LogP contribution >= 0.6 is 11.6 Å². The molecule has 0 spiro atoms. The predicted molar refractivity (Wildman–Crippen MR) is 202 cm³/mol. The minimum atomic E-state index is -0.715. The lowest BCUT2D eigenvalue weighted by Gasteiger charge is -2.30. The molecule has 1 atom stereocenters. The topological polar surface area (TPSA) is 139 Å². The summed E-state index contributed by atoms with van der Waals surface area (Å²) in [7, 11) is 3.23. The maximum atomic E-state index is 11.4. The van der Waals surface area contributed by atoms with Gasteiger partial charge in [-0.1, -0.05) is 35.9 Å². The van der Waals surface area contributed by atoms with Crippen molar-refractivity contribution in [3.8, 4) is 40.0 Å². The van der Waals surface area contributed by atoms with Crippen LogP contribution in [-0.4, -0.2) is 92.2 Å². The van der Waals surface area contributed by atoms with Gasteiger partial charge < -0.3 is 24.1 Å². The van der Waals surface area contributed by atoms with Gasteiger partial charge in [-0.25, -0.2) is 9.67 Å². The fourth-order valence-corrected chi connectivity index (χ4v) is 8.05. The summed E-state index contributed by atoms with van der Waals surface area (Å²) in [4.78, 5) is 25.6. The van der Waals surface area contributed by atoms with Gasteiger partial charge in [0.05, 0.1) is 48.5 Å². The number of pyridine rings is 1. The molecule has 0 amide bonds. The number of carbonyl (C=O) groups is 1. The van der Waals surface area contributed by atoms with Crippen LogP contribution in [0.5, 0.6) is 11.6 Å². The largest absolute Gasteiger partial charge is 0.496 e. The third kappa shape index (κ3) is 6.72. The first kappa shape index (κ1) is 35.0. The molecule has 0 saturated carbocycles. The van der Waals surface area contributed by atoms with Crippen molar-refractivity contribution in [1.29, 1.82) is 0 Å². The van der Waals surface area contributed by atoms with E-state index < -0.39 is 5.97 Å². The summed E-state index contributed by atoms with van der Waals surface area (Å²) >= 11 is 6.75. The van der Waals surface area contributed by atoms with Gasteiger partial charge >= 0.3 is 5.97 Å². The maximum absolute atomic E-state index is 11.4. The van der Waals surface area contributed by atoms with E-state index in [1.54, 1.807) is 18.9 Å². The van der Waals surface area contributed by atoms with Crippen molar-refractivity contribution in [3.63, 3.8) is 0 Å². The van der Waals surface area contributed by atoms with Crippen molar-refractivity contribution in [3.05, 3.63) is 82.5 Å². The minimum Gasteiger partial charge on any atom is -0.496 e. The summed E-state index contributed by atoms with van der Waals surface area (Å²) in [6.07, 6.45) is 3.54. The number of halogens is 1. The smallest absolute Gasteiger partial charge is 0.306 e. The number of β-amino-alcohol motifs (C(OH)–C–C–N with tert-alkyl or cyclic N) is 1. The number of benzene rings is 3. The second-order valence-electron chi connectivity index (χ2n) is 14.0. The number of fused-ring (bicyclic) bond motifs is 2. The van der Waals surface area contributed by atoms with Crippen molar-refractivity contribution in [2.75, 3.05) is 40.4 Å². The molecule has 2 aliphatic rings. The monoisotopic (exact) mass is 736 g/mol. The number of carboxylic acid groups (broad SMARTS) is 1. The first-order chi connectivity index (χ1) is 25.7. The first-order valence-corrected chi connectivity index (χ1v) is 18.2.